The lowest BCUT2D eigenvalue weighted by Gasteiger charge is -2.19. The molecule has 2 N–H and O–H groups in total. The SMILES string of the molecule is COc1cccc(C(c2c(O)cc(C)oc2=O)c2c(O)cc(C)oc2=O)c1. The normalized spacial score (nSPS) is 11.0. The molecule has 3 aromatic rings. The molecule has 2 aromatic heterocycles. The quantitative estimate of drug-likeness (QED) is 0.726. The van der Waals surface area contributed by atoms with E-state index >= 15 is 0 Å². The van der Waals surface area contributed by atoms with Crippen LogP contribution in [0.15, 0.2) is 54.8 Å². The highest BCUT2D eigenvalue weighted by Gasteiger charge is 2.30. The summed E-state index contributed by atoms with van der Waals surface area (Å²) in [5.41, 5.74) is -1.56. The minimum Gasteiger partial charge on any atom is -0.507 e. The van der Waals surface area contributed by atoms with Crippen molar-refractivity contribution in [3.63, 3.8) is 0 Å². The van der Waals surface area contributed by atoms with Gasteiger partial charge in [-0.1, -0.05) is 12.1 Å². The van der Waals surface area contributed by atoms with Crippen LogP contribution in [0.4, 0.5) is 0 Å². The molecule has 0 saturated heterocycles. The van der Waals surface area contributed by atoms with Gasteiger partial charge in [-0.2, -0.15) is 0 Å². The maximum atomic E-state index is 12.5. The summed E-state index contributed by atoms with van der Waals surface area (Å²) >= 11 is 0. The van der Waals surface area contributed by atoms with E-state index in [4.69, 9.17) is 13.6 Å². The Labute approximate surface area is 154 Å². The molecule has 0 bridgehead atoms. The van der Waals surface area contributed by atoms with Gasteiger partial charge in [0.2, 0.25) is 0 Å². The van der Waals surface area contributed by atoms with Gasteiger partial charge in [-0.25, -0.2) is 9.59 Å². The molecule has 2 heterocycles. The fourth-order valence-electron chi connectivity index (χ4n) is 3.04. The highest BCUT2D eigenvalue weighted by atomic mass is 16.5. The summed E-state index contributed by atoms with van der Waals surface area (Å²) < 4.78 is 15.4. The topological polar surface area (TPSA) is 110 Å². The zero-order valence-corrected chi connectivity index (χ0v) is 15.0. The molecule has 0 fully saturated rings. The average molecular weight is 370 g/mol. The lowest BCUT2D eigenvalue weighted by molar-refractivity contribution is 0.404. The van der Waals surface area contributed by atoms with Crippen LogP contribution in [0.25, 0.3) is 0 Å². The van der Waals surface area contributed by atoms with Gasteiger partial charge in [0.1, 0.15) is 28.8 Å². The third kappa shape index (κ3) is 3.44. The van der Waals surface area contributed by atoms with Crippen molar-refractivity contribution >= 4 is 0 Å². The van der Waals surface area contributed by atoms with E-state index in [0.717, 1.165) is 0 Å². The summed E-state index contributed by atoms with van der Waals surface area (Å²) in [5.74, 6) is -0.915. The Morgan fingerprint density at radius 3 is 1.85 bits per heavy atom. The van der Waals surface area contributed by atoms with Crippen molar-refractivity contribution in [2.75, 3.05) is 7.11 Å². The number of aryl methyl sites for hydroxylation is 2. The minimum absolute atomic E-state index is 0.180. The molecule has 0 aliphatic carbocycles. The summed E-state index contributed by atoms with van der Waals surface area (Å²) in [6.07, 6.45) is 0. The summed E-state index contributed by atoms with van der Waals surface area (Å²) in [6, 6.07) is 9.15. The number of aromatic hydroxyl groups is 2. The monoisotopic (exact) mass is 370 g/mol. The van der Waals surface area contributed by atoms with Crippen LogP contribution in [0.1, 0.15) is 34.1 Å². The molecule has 0 radical (unpaired) electrons. The third-order valence-electron chi connectivity index (χ3n) is 4.18. The Kier molecular flexibility index (Phi) is 4.77. The van der Waals surface area contributed by atoms with Crippen LogP contribution in [-0.2, 0) is 0 Å². The van der Waals surface area contributed by atoms with E-state index in [1.807, 2.05) is 0 Å². The molecule has 0 amide bonds. The van der Waals surface area contributed by atoms with Gasteiger partial charge in [-0.3, -0.25) is 0 Å². The zero-order chi connectivity index (χ0) is 19.7. The molecule has 0 saturated carbocycles. The second-order valence-corrected chi connectivity index (χ2v) is 6.10. The Hall–Kier alpha value is -3.48. The first-order valence-corrected chi connectivity index (χ1v) is 8.13. The number of ether oxygens (including phenoxy) is 1. The smallest absolute Gasteiger partial charge is 0.343 e. The number of hydrogen-bond acceptors (Lipinski definition) is 7. The Morgan fingerprint density at radius 1 is 0.889 bits per heavy atom. The van der Waals surface area contributed by atoms with Crippen LogP contribution in [0.2, 0.25) is 0 Å². The van der Waals surface area contributed by atoms with Crippen molar-refractivity contribution in [1.82, 2.24) is 0 Å². The lowest BCUT2D eigenvalue weighted by Crippen LogP contribution is -2.21. The minimum atomic E-state index is -1.12. The number of methoxy groups -OCH3 is 1. The van der Waals surface area contributed by atoms with Crippen LogP contribution in [-0.4, -0.2) is 17.3 Å². The molecule has 27 heavy (non-hydrogen) atoms. The van der Waals surface area contributed by atoms with Gasteiger partial charge in [0.05, 0.1) is 24.2 Å². The summed E-state index contributed by atoms with van der Waals surface area (Å²) in [7, 11) is 1.48. The highest BCUT2D eigenvalue weighted by Crippen LogP contribution is 2.38. The first-order chi connectivity index (χ1) is 12.8. The van der Waals surface area contributed by atoms with Crippen LogP contribution in [0.3, 0.4) is 0 Å². The number of benzene rings is 1. The third-order valence-corrected chi connectivity index (χ3v) is 4.18. The molecule has 0 aliphatic rings. The van der Waals surface area contributed by atoms with Gasteiger partial charge >= 0.3 is 11.3 Å². The Morgan fingerprint density at radius 2 is 1.41 bits per heavy atom. The van der Waals surface area contributed by atoms with Gasteiger partial charge in [-0.15, -0.1) is 0 Å². The fourth-order valence-corrected chi connectivity index (χ4v) is 3.04. The van der Waals surface area contributed by atoms with E-state index in [-0.39, 0.29) is 34.1 Å². The largest absolute Gasteiger partial charge is 0.507 e. The van der Waals surface area contributed by atoms with Crippen LogP contribution < -0.4 is 16.0 Å². The van der Waals surface area contributed by atoms with Crippen molar-refractivity contribution in [3.8, 4) is 17.2 Å². The maximum absolute atomic E-state index is 12.5. The molecule has 0 unspecified atom stereocenters. The Balaban J connectivity index is 2.39. The van der Waals surface area contributed by atoms with Crippen LogP contribution in [0, 0.1) is 13.8 Å². The van der Waals surface area contributed by atoms with Gasteiger partial charge in [-0.05, 0) is 31.5 Å². The van der Waals surface area contributed by atoms with E-state index in [0.29, 0.717) is 11.3 Å². The first kappa shape index (κ1) is 18.3. The predicted molar refractivity (Wildman–Crippen MR) is 96.7 cm³/mol. The zero-order valence-electron chi connectivity index (χ0n) is 15.0. The van der Waals surface area contributed by atoms with E-state index < -0.39 is 17.2 Å². The van der Waals surface area contributed by atoms with Crippen molar-refractivity contribution < 1.29 is 23.8 Å². The molecule has 0 aliphatic heterocycles. The second-order valence-electron chi connectivity index (χ2n) is 6.10. The molecule has 7 heteroatoms. The predicted octanol–water partition coefficient (Wildman–Crippen LogP) is 2.81. The van der Waals surface area contributed by atoms with Gasteiger partial charge in [0.25, 0.3) is 0 Å². The molecule has 0 spiro atoms. The van der Waals surface area contributed by atoms with Crippen molar-refractivity contribution in [3.05, 3.63) is 85.4 Å². The molecule has 3 rings (SSSR count). The van der Waals surface area contributed by atoms with Crippen molar-refractivity contribution in [2.45, 2.75) is 19.8 Å². The van der Waals surface area contributed by atoms with Crippen molar-refractivity contribution in [1.29, 1.82) is 0 Å². The van der Waals surface area contributed by atoms with Crippen LogP contribution in [0.5, 0.6) is 17.2 Å². The summed E-state index contributed by atoms with van der Waals surface area (Å²) in [6.45, 7) is 3.03. The molecule has 7 nitrogen and oxygen atoms in total. The van der Waals surface area contributed by atoms with E-state index in [9.17, 15) is 19.8 Å². The van der Waals surface area contributed by atoms with Gasteiger partial charge < -0.3 is 23.8 Å². The number of hydrogen-bond donors (Lipinski definition) is 2. The first-order valence-electron chi connectivity index (χ1n) is 8.13. The van der Waals surface area contributed by atoms with Gasteiger partial charge in [0, 0.05) is 12.1 Å². The van der Waals surface area contributed by atoms with E-state index in [1.54, 1.807) is 24.3 Å². The lowest BCUT2D eigenvalue weighted by atomic mass is 9.85. The second kappa shape index (κ2) is 7.03. The van der Waals surface area contributed by atoms with E-state index in [2.05, 4.69) is 0 Å². The molecule has 1 aromatic carbocycles. The highest BCUT2D eigenvalue weighted by molar-refractivity contribution is 5.51. The van der Waals surface area contributed by atoms with Gasteiger partial charge in [0.15, 0.2) is 0 Å². The fraction of sp³-hybridized carbons (Fsp3) is 0.200. The average Bonchev–Trinajstić information content (AvgIpc) is 2.58. The standard InChI is InChI=1S/C20H18O7/c1-10-7-14(21)17(19(23)26-10)16(12-5-4-6-13(9-12)25-3)18-15(22)8-11(2)27-20(18)24/h4-9,16,21-22H,1-3H3. The number of rotatable bonds is 4. The summed E-state index contributed by atoms with van der Waals surface area (Å²) in [5, 5.41) is 20.8. The molecule has 140 valence electrons. The molecular formula is C20H18O7. The van der Waals surface area contributed by atoms with Crippen LogP contribution >= 0.6 is 0 Å². The van der Waals surface area contributed by atoms with Crippen molar-refractivity contribution in [2.24, 2.45) is 0 Å². The summed E-state index contributed by atoms with van der Waals surface area (Å²) in [4.78, 5) is 25.0. The van der Waals surface area contributed by atoms with E-state index in [1.165, 1.54) is 33.1 Å². The maximum Gasteiger partial charge on any atom is 0.343 e. The molecular weight excluding hydrogens is 352 g/mol. The Bertz CT molecular complexity index is 1040. The molecule has 0 atom stereocenters.